The van der Waals surface area contributed by atoms with E-state index in [1.165, 1.54) is 0 Å². The minimum atomic E-state index is -0.245. The minimum Gasteiger partial charge on any atom is -0.496 e. The number of pyridine rings is 1. The Labute approximate surface area is 135 Å². The van der Waals surface area contributed by atoms with Crippen molar-refractivity contribution in [1.29, 1.82) is 0 Å². The lowest BCUT2D eigenvalue weighted by Gasteiger charge is -2.14. The summed E-state index contributed by atoms with van der Waals surface area (Å²) in [6, 6.07) is 8.82. The molecule has 0 fully saturated rings. The summed E-state index contributed by atoms with van der Waals surface area (Å²) in [5.74, 6) is 1.51. The van der Waals surface area contributed by atoms with Gasteiger partial charge in [-0.2, -0.15) is 0 Å². The molecule has 0 saturated heterocycles. The van der Waals surface area contributed by atoms with Crippen molar-refractivity contribution in [1.82, 2.24) is 10.3 Å². The van der Waals surface area contributed by atoms with Crippen LogP contribution in [0, 0.1) is 6.92 Å². The molecule has 1 amide bonds. The Morgan fingerprint density at radius 2 is 1.70 bits per heavy atom. The molecule has 0 atom stereocenters. The minimum absolute atomic E-state index is 0.245. The first-order valence-electron chi connectivity index (χ1n) is 7.09. The first kappa shape index (κ1) is 16.6. The van der Waals surface area contributed by atoms with E-state index in [0.717, 1.165) is 11.3 Å². The van der Waals surface area contributed by atoms with Gasteiger partial charge in [0.2, 0.25) is 0 Å². The predicted molar refractivity (Wildman–Crippen MR) is 86.2 cm³/mol. The highest BCUT2D eigenvalue weighted by Gasteiger charge is 2.13. The van der Waals surface area contributed by atoms with Crippen LogP contribution in [0.25, 0.3) is 0 Å². The maximum Gasteiger partial charge on any atom is 0.270 e. The molecule has 23 heavy (non-hydrogen) atoms. The SMILES string of the molecule is COc1cc(OC)c(OC)cc1CNC(=O)c1cccc(C)n1. The maximum absolute atomic E-state index is 12.2. The van der Waals surface area contributed by atoms with Gasteiger partial charge in [-0.05, 0) is 25.1 Å². The van der Waals surface area contributed by atoms with E-state index in [9.17, 15) is 4.79 Å². The van der Waals surface area contributed by atoms with E-state index in [0.29, 0.717) is 22.9 Å². The molecule has 1 aromatic carbocycles. The molecule has 1 aromatic heterocycles. The van der Waals surface area contributed by atoms with Gasteiger partial charge in [0.25, 0.3) is 5.91 Å². The lowest BCUT2D eigenvalue weighted by molar-refractivity contribution is 0.0945. The number of amides is 1. The van der Waals surface area contributed by atoms with Crippen LogP contribution in [0.2, 0.25) is 0 Å². The molecular weight excluding hydrogens is 296 g/mol. The number of nitrogens with zero attached hydrogens (tertiary/aromatic N) is 1. The van der Waals surface area contributed by atoms with Crippen molar-refractivity contribution in [3.05, 3.63) is 47.3 Å². The number of carbonyl (C=O) groups excluding carboxylic acids is 1. The average molecular weight is 316 g/mol. The third kappa shape index (κ3) is 3.91. The van der Waals surface area contributed by atoms with Gasteiger partial charge >= 0.3 is 0 Å². The molecule has 0 unspecified atom stereocenters. The molecule has 0 bridgehead atoms. The number of carbonyl (C=O) groups is 1. The van der Waals surface area contributed by atoms with Crippen molar-refractivity contribution >= 4 is 5.91 Å². The quantitative estimate of drug-likeness (QED) is 0.886. The molecule has 1 N–H and O–H groups in total. The van der Waals surface area contributed by atoms with Crippen molar-refractivity contribution in [3.63, 3.8) is 0 Å². The van der Waals surface area contributed by atoms with Crippen molar-refractivity contribution in [3.8, 4) is 17.2 Å². The number of hydrogen-bond donors (Lipinski definition) is 1. The maximum atomic E-state index is 12.2. The molecule has 1 heterocycles. The zero-order chi connectivity index (χ0) is 16.8. The topological polar surface area (TPSA) is 69.7 Å². The normalized spacial score (nSPS) is 10.1. The first-order chi connectivity index (χ1) is 11.1. The molecule has 122 valence electrons. The Morgan fingerprint density at radius 3 is 2.30 bits per heavy atom. The van der Waals surface area contributed by atoms with Crippen LogP contribution in [0.15, 0.2) is 30.3 Å². The molecule has 2 aromatic rings. The first-order valence-corrected chi connectivity index (χ1v) is 7.09. The number of rotatable bonds is 6. The number of ether oxygens (including phenoxy) is 3. The van der Waals surface area contributed by atoms with Crippen LogP contribution in [0.1, 0.15) is 21.7 Å². The number of hydrogen-bond acceptors (Lipinski definition) is 5. The summed E-state index contributed by atoms with van der Waals surface area (Å²) >= 11 is 0. The Morgan fingerprint density at radius 1 is 1.04 bits per heavy atom. The average Bonchev–Trinajstić information content (AvgIpc) is 2.58. The molecular formula is C17H20N2O4. The summed E-state index contributed by atoms with van der Waals surface area (Å²) in [5, 5.41) is 2.83. The number of aryl methyl sites for hydroxylation is 1. The Bertz CT molecular complexity index is 701. The molecule has 0 aliphatic heterocycles. The lowest BCUT2D eigenvalue weighted by Crippen LogP contribution is -2.24. The van der Waals surface area contributed by atoms with E-state index in [4.69, 9.17) is 14.2 Å². The zero-order valence-corrected chi connectivity index (χ0v) is 13.7. The summed E-state index contributed by atoms with van der Waals surface area (Å²) in [7, 11) is 4.68. The summed E-state index contributed by atoms with van der Waals surface area (Å²) in [5.41, 5.74) is 1.96. The molecule has 0 radical (unpaired) electrons. The highest BCUT2D eigenvalue weighted by atomic mass is 16.5. The monoisotopic (exact) mass is 316 g/mol. The number of benzene rings is 1. The molecule has 2 rings (SSSR count). The van der Waals surface area contributed by atoms with Crippen LogP contribution < -0.4 is 19.5 Å². The van der Waals surface area contributed by atoms with Gasteiger partial charge in [-0.25, -0.2) is 4.98 Å². The van der Waals surface area contributed by atoms with Gasteiger partial charge in [0.1, 0.15) is 11.4 Å². The van der Waals surface area contributed by atoms with Gasteiger partial charge in [-0.1, -0.05) is 6.07 Å². The standard InChI is InChI=1S/C17H20N2O4/c1-11-6-5-7-13(19-11)17(20)18-10-12-8-15(22-3)16(23-4)9-14(12)21-2/h5-9H,10H2,1-4H3,(H,18,20). The number of nitrogens with one attached hydrogen (secondary N) is 1. The molecule has 0 aliphatic carbocycles. The fourth-order valence-electron chi connectivity index (χ4n) is 2.17. The molecule has 6 nitrogen and oxygen atoms in total. The van der Waals surface area contributed by atoms with Crippen LogP contribution in [0.4, 0.5) is 0 Å². The smallest absolute Gasteiger partial charge is 0.270 e. The summed E-state index contributed by atoms with van der Waals surface area (Å²) < 4.78 is 15.9. The number of aromatic nitrogens is 1. The van der Waals surface area contributed by atoms with E-state index in [1.54, 1.807) is 45.6 Å². The summed E-state index contributed by atoms with van der Waals surface area (Å²) in [6.45, 7) is 2.13. The Hall–Kier alpha value is -2.76. The van der Waals surface area contributed by atoms with Crippen LogP contribution in [0.5, 0.6) is 17.2 Å². The second-order valence-corrected chi connectivity index (χ2v) is 4.87. The number of methoxy groups -OCH3 is 3. The molecule has 0 spiro atoms. The van der Waals surface area contributed by atoms with Gasteiger partial charge in [0.15, 0.2) is 11.5 Å². The molecule has 0 aliphatic rings. The lowest BCUT2D eigenvalue weighted by atomic mass is 10.1. The Balaban J connectivity index is 2.17. The van der Waals surface area contributed by atoms with Crippen LogP contribution in [0.3, 0.4) is 0 Å². The fourth-order valence-corrected chi connectivity index (χ4v) is 2.17. The third-order valence-corrected chi connectivity index (χ3v) is 3.35. The highest BCUT2D eigenvalue weighted by molar-refractivity contribution is 5.92. The van der Waals surface area contributed by atoms with Gasteiger partial charge < -0.3 is 19.5 Å². The van der Waals surface area contributed by atoms with E-state index < -0.39 is 0 Å². The van der Waals surface area contributed by atoms with Gasteiger partial charge in [-0.15, -0.1) is 0 Å². The second-order valence-electron chi connectivity index (χ2n) is 4.87. The second kappa shape index (κ2) is 7.49. The van der Waals surface area contributed by atoms with Crippen LogP contribution >= 0.6 is 0 Å². The Kier molecular flexibility index (Phi) is 5.41. The van der Waals surface area contributed by atoms with Crippen LogP contribution in [-0.4, -0.2) is 32.2 Å². The van der Waals surface area contributed by atoms with Crippen molar-refractivity contribution in [2.75, 3.05) is 21.3 Å². The summed E-state index contributed by atoms with van der Waals surface area (Å²) in [6.07, 6.45) is 0. The van der Waals surface area contributed by atoms with Crippen molar-refractivity contribution < 1.29 is 19.0 Å². The van der Waals surface area contributed by atoms with E-state index >= 15 is 0 Å². The van der Waals surface area contributed by atoms with E-state index in [1.807, 2.05) is 13.0 Å². The fraction of sp³-hybridized carbons (Fsp3) is 0.294. The third-order valence-electron chi connectivity index (χ3n) is 3.35. The van der Waals surface area contributed by atoms with Gasteiger partial charge in [0, 0.05) is 23.9 Å². The predicted octanol–water partition coefficient (Wildman–Crippen LogP) is 2.35. The molecule has 0 saturated carbocycles. The summed E-state index contributed by atoms with van der Waals surface area (Å²) in [4.78, 5) is 16.4. The van der Waals surface area contributed by atoms with Crippen molar-refractivity contribution in [2.24, 2.45) is 0 Å². The largest absolute Gasteiger partial charge is 0.496 e. The van der Waals surface area contributed by atoms with E-state index in [-0.39, 0.29) is 12.5 Å². The highest BCUT2D eigenvalue weighted by Crippen LogP contribution is 2.34. The van der Waals surface area contributed by atoms with Gasteiger partial charge in [-0.3, -0.25) is 4.79 Å². The van der Waals surface area contributed by atoms with Crippen LogP contribution in [-0.2, 0) is 6.54 Å². The molecule has 6 heteroatoms. The van der Waals surface area contributed by atoms with Crippen molar-refractivity contribution in [2.45, 2.75) is 13.5 Å². The van der Waals surface area contributed by atoms with E-state index in [2.05, 4.69) is 10.3 Å². The van der Waals surface area contributed by atoms with Gasteiger partial charge in [0.05, 0.1) is 21.3 Å². The zero-order valence-electron chi connectivity index (χ0n) is 13.7.